The fourth-order valence-corrected chi connectivity index (χ4v) is 3.65. The van der Waals surface area contributed by atoms with Gasteiger partial charge < -0.3 is 20.9 Å². The Kier molecular flexibility index (Phi) is 5.85. The summed E-state index contributed by atoms with van der Waals surface area (Å²) in [5.41, 5.74) is 7.35. The minimum absolute atomic E-state index is 0.126. The SMILES string of the molecule is CCN1CCN(C(=O)c2snc(C(=O)NCc3ccccc3)c2N)CC1. The molecule has 3 rings (SSSR count). The first-order valence-electron chi connectivity index (χ1n) is 8.69. The Bertz CT molecular complexity index is 769. The largest absolute Gasteiger partial charge is 0.395 e. The number of anilines is 1. The highest BCUT2D eigenvalue weighted by Gasteiger charge is 2.27. The van der Waals surface area contributed by atoms with Gasteiger partial charge in [-0.2, -0.15) is 4.37 Å². The molecule has 2 amide bonds. The number of benzene rings is 1. The molecule has 0 aliphatic carbocycles. The summed E-state index contributed by atoms with van der Waals surface area (Å²) in [5.74, 6) is -0.504. The molecule has 2 aromatic rings. The topological polar surface area (TPSA) is 91.6 Å². The van der Waals surface area contributed by atoms with Gasteiger partial charge in [-0.1, -0.05) is 37.3 Å². The number of piperazine rings is 1. The number of nitrogens with two attached hydrogens (primary N) is 1. The average Bonchev–Trinajstić information content (AvgIpc) is 3.08. The smallest absolute Gasteiger partial charge is 0.273 e. The van der Waals surface area contributed by atoms with Crippen LogP contribution in [0, 0.1) is 0 Å². The van der Waals surface area contributed by atoms with Gasteiger partial charge in [0, 0.05) is 32.7 Å². The molecule has 1 aromatic heterocycles. The molecule has 0 bridgehead atoms. The van der Waals surface area contributed by atoms with Crippen LogP contribution in [0.3, 0.4) is 0 Å². The Morgan fingerprint density at radius 2 is 1.88 bits per heavy atom. The molecule has 26 heavy (non-hydrogen) atoms. The molecule has 0 unspecified atom stereocenters. The minimum atomic E-state index is -0.363. The van der Waals surface area contributed by atoms with E-state index >= 15 is 0 Å². The van der Waals surface area contributed by atoms with E-state index in [9.17, 15) is 9.59 Å². The lowest BCUT2D eigenvalue weighted by molar-refractivity contribution is 0.0649. The van der Waals surface area contributed by atoms with Crippen LogP contribution in [0.1, 0.15) is 32.6 Å². The van der Waals surface area contributed by atoms with E-state index in [-0.39, 0.29) is 23.2 Å². The summed E-state index contributed by atoms with van der Waals surface area (Å²) in [6.45, 7) is 6.52. The Hall–Kier alpha value is -2.45. The summed E-state index contributed by atoms with van der Waals surface area (Å²) in [6.07, 6.45) is 0. The van der Waals surface area contributed by atoms with Gasteiger partial charge in [-0.25, -0.2) is 0 Å². The molecule has 1 fully saturated rings. The first-order valence-corrected chi connectivity index (χ1v) is 9.46. The molecule has 1 aromatic carbocycles. The second-order valence-corrected chi connectivity index (χ2v) is 6.94. The number of carbonyl (C=O) groups is 2. The predicted octanol–water partition coefficient (Wildman–Crippen LogP) is 1.43. The first kappa shape index (κ1) is 18.3. The molecule has 8 heteroatoms. The maximum Gasteiger partial charge on any atom is 0.273 e. The molecule has 1 aliphatic rings. The van der Waals surface area contributed by atoms with Gasteiger partial charge in [0.05, 0.1) is 5.69 Å². The number of nitrogens with one attached hydrogen (secondary N) is 1. The van der Waals surface area contributed by atoms with Crippen LogP contribution < -0.4 is 11.1 Å². The molecule has 0 atom stereocenters. The summed E-state index contributed by atoms with van der Waals surface area (Å²) in [6, 6.07) is 9.59. The third kappa shape index (κ3) is 4.03. The van der Waals surface area contributed by atoms with Crippen molar-refractivity contribution in [3.05, 3.63) is 46.5 Å². The van der Waals surface area contributed by atoms with E-state index in [1.165, 1.54) is 0 Å². The van der Waals surface area contributed by atoms with Crippen LogP contribution in [0.4, 0.5) is 5.69 Å². The van der Waals surface area contributed by atoms with E-state index in [1.807, 2.05) is 30.3 Å². The third-order valence-corrected chi connectivity index (χ3v) is 5.39. The van der Waals surface area contributed by atoms with Crippen molar-refractivity contribution >= 4 is 29.0 Å². The lowest BCUT2D eigenvalue weighted by atomic mass is 10.2. The number of nitrogen functional groups attached to an aromatic ring is 1. The van der Waals surface area contributed by atoms with Crippen molar-refractivity contribution in [1.29, 1.82) is 0 Å². The molecular weight excluding hydrogens is 350 g/mol. The molecule has 0 spiro atoms. The van der Waals surface area contributed by atoms with Crippen molar-refractivity contribution < 1.29 is 9.59 Å². The fourth-order valence-electron chi connectivity index (χ4n) is 2.89. The maximum atomic E-state index is 12.7. The number of hydrogen-bond acceptors (Lipinski definition) is 6. The van der Waals surface area contributed by atoms with Crippen molar-refractivity contribution in [3.8, 4) is 0 Å². The summed E-state index contributed by atoms with van der Waals surface area (Å²) in [5, 5.41) is 2.79. The van der Waals surface area contributed by atoms with E-state index < -0.39 is 0 Å². The van der Waals surface area contributed by atoms with Gasteiger partial charge in [-0.3, -0.25) is 9.59 Å². The Morgan fingerprint density at radius 3 is 2.54 bits per heavy atom. The highest BCUT2D eigenvalue weighted by atomic mass is 32.1. The van der Waals surface area contributed by atoms with Crippen LogP contribution in [-0.2, 0) is 6.54 Å². The molecular formula is C18H23N5O2S. The number of nitrogens with zero attached hydrogens (tertiary/aromatic N) is 3. The summed E-state index contributed by atoms with van der Waals surface area (Å²) in [4.78, 5) is 29.5. The molecule has 7 nitrogen and oxygen atoms in total. The van der Waals surface area contributed by atoms with E-state index in [4.69, 9.17) is 5.73 Å². The molecule has 0 radical (unpaired) electrons. The number of carbonyl (C=O) groups excluding carboxylic acids is 2. The second-order valence-electron chi connectivity index (χ2n) is 6.17. The van der Waals surface area contributed by atoms with Gasteiger partial charge in [0.15, 0.2) is 5.69 Å². The molecule has 2 heterocycles. The average molecular weight is 373 g/mol. The van der Waals surface area contributed by atoms with Crippen LogP contribution in [-0.4, -0.2) is 58.7 Å². The maximum absolute atomic E-state index is 12.7. The Morgan fingerprint density at radius 1 is 1.19 bits per heavy atom. The van der Waals surface area contributed by atoms with E-state index in [0.717, 1.165) is 36.7 Å². The number of aromatic nitrogens is 1. The van der Waals surface area contributed by atoms with Crippen molar-refractivity contribution in [1.82, 2.24) is 19.5 Å². The van der Waals surface area contributed by atoms with Gasteiger partial charge in [0.25, 0.3) is 11.8 Å². The lowest BCUT2D eigenvalue weighted by Crippen LogP contribution is -2.48. The summed E-state index contributed by atoms with van der Waals surface area (Å²) < 4.78 is 4.12. The third-order valence-electron chi connectivity index (χ3n) is 4.54. The Labute approximate surface area is 157 Å². The summed E-state index contributed by atoms with van der Waals surface area (Å²) >= 11 is 0.994. The monoisotopic (exact) mass is 373 g/mol. The molecule has 3 N–H and O–H groups in total. The van der Waals surface area contributed by atoms with Gasteiger partial charge in [-0.05, 0) is 23.6 Å². The minimum Gasteiger partial charge on any atom is -0.395 e. The fraction of sp³-hybridized carbons (Fsp3) is 0.389. The zero-order chi connectivity index (χ0) is 18.5. The zero-order valence-electron chi connectivity index (χ0n) is 14.8. The van der Waals surface area contributed by atoms with Crippen LogP contribution >= 0.6 is 11.5 Å². The first-order chi connectivity index (χ1) is 12.6. The van der Waals surface area contributed by atoms with Crippen molar-refractivity contribution in [2.45, 2.75) is 13.5 Å². The van der Waals surface area contributed by atoms with Crippen LogP contribution in [0.15, 0.2) is 30.3 Å². The van der Waals surface area contributed by atoms with Crippen LogP contribution in [0.2, 0.25) is 0 Å². The molecule has 1 saturated heterocycles. The van der Waals surface area contributed by atoms with Gasteiger partial charge in [0.2, 0.25) is 0 Å². The highest BCUT2D eigenvalue weighted by molar-refractivity contribution is 7.09. The van der Waals surface area contributed by atoms with Gasteiger partial charge >= 0.3 is 0 Å². The highest BCUT2D eigenvalue weighted by Crippen LogP contribution is 2.24. The number of amides is 2. The van der Waals surface area contributed by atoms with E-state index in [0.29, 0.717) is 24.5 Å². The molecule has 138 valence electrons. The van der Waals surface area contributed by atoms with E-state index in [1.54, 1.807) is 4.90 Å². The number of likely N-dealkylation sites (N-methyl/N-ethyl adjacent to an activating group) is 1. The van der Waals surface area contributed by atoms with Crippen LogP contribution in [0.25, 0.3) is 0 Å². The van der Waals surface area contributed by atoms with Crippen molar-refractivity contribution in [2.75, 3.05) is 38.5 Å². The predicted molar refractivity (Wildman–Crippen MR) is 102 cm³/mol. The standard InChI is InChI=1S/C18H23N5O2S/c1-2-22-8-10-23(11-9-22)18(25)16-14(19)15(21-26-16)17(24)20-12-13-6-4-3-5-7-13/h3-7H,2,8-12,19H2,1H3,(H,20,24). The number of hydrogen-bond donors (Lipinski definition) is 2. The molecule has 0 saturated carbocycles. The van der Waals surface area contributed by atoms with Crippen molar-refractivity contribution in [2.24, 2.45) is 0 Å². The van der Waals surface area contributed by atoms with Crippen LogP contribution in [0.5, 0.6) is 0 Å². The van der Waals surface area contributed by atoms with Gasteiger partial charge in [-0.15, -0.1) is 0 Å². The molecule has 1 aliphatic heterocycles. The zero-order valence-corrected chi connectivity index (χ0v) is 15.6. The van der Waals surface area contributed by atoms with Gasteiger partial charge in [0.1, 0.15) is 4.88 Å². The Balaban J connectivity index is 1.63. The normalized spacial score (nSPS) is 15.0. The van der Waals surface area contributed by atoms with E-state index in [2.05, 4.69) is 21.5 Å². The lowest BCUT2D eigenvalue weighted by Gasteiger charge is -2.33. The quantitative estimate of drug-likeness (QED) is 0.827. The number of rotatable bonds is 5. The van der Waals surface area contributed by atoms with Crippen molar-refractivity contribution in [3.63, 3.8) is 0 Å². The second kappa shape index (κ2) is 8.29. The summed E-state index contributed by atoms with van der Waals surface area (Å²) in [7, 11) is 0.